The highest BCUT2D eigenvalue weighted by Gasteiger charge is 2.33. The first-order valence-electron chi connectivity index (χ1n) is 12.5. The standard InChI is InChI=1S/C30H31N3O4/c1-19(31-2)29(34)32-25-15-13-20-8-4-5-11-26(20)33(30(25)35)18-24-21-9-6-10-23(28-12-7-17-37-28)22(21)14-16-27(24)36-3/h4-12,14,16-17,19,25,31H,13,15,18H2,1-3H3,(H,32,34)/t19-,25-/m0/s1. The molecule has 1 aliphatic rings. The molecular weight excluding hydrogens is 466 g/mol. The molecule has 0 aliphatic carbocycles. The molecule has 4 aromatic rings. The number of carbonyl (C=O) groups excluding carboxylic acids is 2. The Morgan fingerprint density at radius 3 is 2.68 bits per heavy atom. The van der Waals surface area contributed by atoms with Crippen molar-refractivity contribution < 1.29 is 18.7 Å². The van der Waals surface area contributed by atoms with Crippen LogP contribution < -0.4 is 20.3 Å². The van der Waals surface area contributed by atoms with Crippen molar-refractivity contribution in [3.05, 3.63) is 84.1 Å². The van der Waals surface area contributed by atoms with Gasteiger partial charge in [0.05, 0.1) is 26.0 Å². The summed E-state index contributed by atoms with van der Waals surface area (Å²) in [6.45, 7) is 2.08. The lowest BCUT2D eigenvalue weighted by Gasteiger charge is -2.28. The normalized spacial score (nSPS) is 16.2. The fourth-order valence-corrected chi connectivity index (χ4v) is 5.00. The summed E-state index contributed by atoms with van der Waals surface area (Å²) in [6.07, 6.45) is 2.88. The molecule has 2 amide bonds. The maximum absolute atomic E-state index is 14.0. The second kappa shape index (κ2) is 10.5. The third-order valence-corrected chi connectivity index (χ3v) is 7.14. The number of hydrogen-bond acceptors (Lipinski definition) is 5. The molecule has 1 aromatic heterocycles. The van der Waals surface area contributed by atoms with Crippen molar-refractivity contribution in [3.63, 3.8) is 0 Å². The predicted molar refractivity (Wildman–Crippen MR) is 145 cm³/mol. The molecule has 0 spiro atoms. The van der Waals surface area contributed by atoms with Gasteiger partial charge in [0.15, 0.2) is 0 Å². The van der Waals surface area contributed by atoms with Crippen molar-refractivity contribution in [3.8, 4) is 17.1 Å². The summed E-state index contributed by atoms with van der Waals surface area (Å²) >= 11 is 0. The van der Waals surface area contributed by atoms with Gasteiger partial charge in [0.25, 0.3) is 0 Å². The van der Waals surface area contributed by atoms with E-state index in [0.29, 0.717) is 25.1 Å². The third-order valence-electron chi connectivity index (χ3n) is 7.14. The van der Waals surface area contributed by atoms with Crippen LogP contribution in [-0.4, -0.2) is 38.1 Å². The zero-order valence-electron chi connectivity index (χ0n) is 21.3. The van der Waals surface area contributed by atoms with Gasteiger partial charge in [-0.05, 0) is 73.5 Å². The highest BCUT2D eigenvalue weighted by Crippen LogP contribution is 2.37. The van der Waals surface area contributed by atoms with E-state index in [1.807, 2.05) is 66.7 Å². The number of amides is 2. The number of methoxy groups -OCH3 is 1. The van der Waals surface area contributed by atoms with Gasteiger partial charge in [-0.3, -0.25) is 9.59 Å². The van der Waals surface area contributed by atoms with Gasteiger partial charge in [-0.25, -0.2) is 0 Å². The van der Waals surface area contributed by atoms with Crippen LogP contribution in [0.2, 0.25) is 0 Å². The summed E-state index contributed by atoms with van der Waals surface area (Å²) in [5.74, 6) is 1.14. The minimum absolute atomic E-state index is 0.136. The molecule has 37 heavy (non-hydrogen) atoms. The summed E-state index contributed by atoms with van der Waals surface area (Å²) in [5.41, 5.74) is 3.80. The number of nitrogens with one attached hydrogen (secondary N) is 2. The Balaban J connectivity index is 1.60. The Morgan fingerprint density at radius 2 is 1.92 bits per heavy atom. The molecule has 2 N–H and O–H groups in total. The molecule has 0 fully saturated rings. The summed E-state index contributed by atoms with van der Waals surface area (Å²) < 4.78 is 11.5. The zero-order chi connectivity index (χ0) is 25.9. The minimum Gasteiger partial charge on any atom is -0.496 e. The fraction of sp³-hybridized carbons (Fsp3) is 0.267. The van der Waals surface area contributed by atoms with Crippen LogP contribution in [0.15, 0.2) is 77.4 Å². The number of carbonyl (C=O) groups is 2. The first-order valence-corrected chi connectivity index (χ1v) is 12.5. The maximum Gasteiger partial charge on any atom is 0.249 e. The van der Waals surface area contributed by atoms with Gasteiger partial charge in [0.2, 0.25) is 11.8 Å². The van der Waals surface area contributed by atoms with Gasteiger partial charge in [-0.2, -0.15) is 0 Å². The number of anilines is 1. The molecule has 2 atom stereocenters. The average molecular weight is 498 g/mol. The van der Waals surface area contributed by atoms with E-state index in [1.54, 1.807) is 32.2 Å². The number of para-hydroxylation sites is 1. The van der Waals surface area contributed by atoms with Crippen LogP contribution in [0, 0.1) is 0 Å². The lowest BCUT2D eigenvalue weighted by atomic mass is 9.97. The number of likely N-dealkylation sites (N-methyl/N-ethyl adjacent to an activating group) is 1. The summed E-state index contributed by atoms with van der Waals surface area (Å²) in [5, 5.41) is 7.90. The van der Waals surface area contributed by atoms with Crippen LogP contribution in [0.5, 0.6) is 5.75 Å². The van der Waals surface area contributed by atoms with E-state index in [2.05, 4.69) is 10.6 Å². The van der Waals surface area contributed by atoms with Crippen LogP contribution in [0.4, 0.5) is 5.69 Å². The lowest BCUT2D eigenvalue weighted by molar-refractivity contribution is -0.128. The first kappa shape index (κ1) is 24.6. The van der Waals surface area contributed by atoms with Crippen molar-refractivity contribution in [2.24, 2.45) is 0 Å². The molecule has 0 unspecified atom stereocenters. The van der Waals surface area contributed by atoms with E-state index in [0.717, 1.165) is 38.9 Å². The highest BCUT2D eigenvalue weighted by atomic mass is 16.5. The SMILES string of the molecule is CN[C@@H](C)C(=O)N[C@H]1CCc2ccccc2N(Cc2c(OC)ccc3c(-c4ccco4)cccc23)C1=O. The Kier molecular flexibility index (Phi) is 6.97. The van der Waals surface area contributed by atoms with Gasteiger partial charge in [0, 0.05) is 16.8 Å². The molecule has 0 saturated heterocycles. The van der Waals surface area contributed by atoms with Crippen molar-refractivity contribution in [1.82, 2.24) is 10.6 Å². The second-order valence-electron chi connectivity index (χ2n) is 9.29. The van der Waals surface area contributed by atoms with Gasteiger partial charge < -0.3 is 24.7 Å². The largest absolute Gasteiger partial charge is 0.496 e. The zero-order valence-corrected chi connectivity index (χ0v) is 21.3. The quantitative estimate of drug-likeness (QED) is 0.387. The number of furan rings is 1. The van der Waals surface area contributed by atoms with Gasteiger partial charge in [-0.15, -0.1) is 0 Å². The van der Waals surface area contributed by atoms with E-state index < -0.39 is 12.1 Å². The Labute approximate surface area is 216 Å². The second-order valence-corrected chi connectivity index (χ2v) is 9.29. The molecule has 2 heterocycles. The maximum atomic E-state index is 14.0. The van der Waals surface area contributed by atoms with Gasteiger partial charge in [0.1, 0.15) is 17.6 Å². The third kappa shape index (κ3) is 4.70. The molecule has 0 bridgehead atoms. The Morgan fingerprint density at radius 1 is 1.08 bits per heavy atom. The number of fused-ring (bicyclic) bond motifs is 2. The van der Waals surface area contributed by atoms with E-state index in [-0.39, 0.29) is 11.8 Å². The Bertz CT molecular complexity index is 1430. The molecule has 7 heteroatoms. The van der Waals surface area contributed by atoms with Crippen molar-refractivity contribution in [2.45, 2.75) is 38.4 Å². The number of aryl methyl sites for hydroxylation is 1. The van der Waals surface area contributed by atoms with Crippen LogP contribution in [0.1, 0.15) is 24.5 Å². The minimum atomic E-state index is -0.629. The van der Waals surface area contributed by atoms with E-state index in [9.17, 15) is 9.59 Å². The molecular formula is C30H31N3O4. The first-order chi connectivity index (χ1) is 18.0. The molecule has 3 aromatic carbocycles. The number of rotatable bonds is 7. The molecule has 1 aliphatic heterocycles. The monoisotopic (exact) mass is 497 g/mol. The number of ether oxygens (including phenoxy) is 1. The molecule has 0 radical (unpaired) electrons. The highest BCUT2D eigenvalue weighted by molar-refractivity contribution is 6.03. The van der Waals surface area contributed by atoms with E-state index in [4.69, 9.17) is 9.15 Å². The molecule has 7 nitrogen and oxygen atoms in total. The molecule has 190 valence electrons. The van der Waals surface area contributed by atoms with E-state index >= 15 is 0 Å². The number of benzene rings is 3. The van der Waals surface area contributed by atoms with Crippen molar-refractivity contribution in [1.29, 1.82) is 0 Å². The average Bonchev–Trinajstić information content (AvgIpc) is 3.43. The summed E-state index contributed by atoms with van der Waals surface area (Å²) in [6, 6.07) is 20.7. The summed E-state index contributed by atoms with van der Waals surface area (Å²) in [7, 11) is 3.37. The summed E-state index contributed by atoms with van der Waals surface area (Å²) in [4.78, 5) is 28.5. The fourth-order valence-electron chi connectivity index (χ4n) is 5.00. The van der Waals surface area contributed by atoms with E-state index in [1.165, 1.54) is 0 Å². The van der Waals surface area contributed by atoms with Crippen molar-refractivity contribution >= 4 is 28.3 Å². The van der Waals surface area contributed by atoms with Gasteiger partial charge >= 0.3 is 0 Å². The number of hydrogen-bond donors (Lipinski definition) is 2. The van der Waals surface area contributed by atoms with Crippen LogP contribution in [0.25, 0.3) is 22.1 Å². The topological polar surface area (TPSA) is 83.8 Å². The predicted octanol–water partition coefficient (Wildman–Crippen LogP) is 4.68. The molecule has 5 rings (SSSR count). The molecule has 0 saturated carbocycles. The van der Waals surface area contributed by atoms with Crippen LogP contribution in [-0.2, 0) is 22.6 Å². The van der Waals surface area contributed by atoms with Crippen LogP contribution >= 0.6 is 0 Å². The lowest BCUT2D eigenvalue weighted by Crippen LogP contribution is -2.52. The van der Waals surface area contributed by atoms with Crippen molar-refractivity contribution in [2.75, 3.05) is 19.1 Å². The Hall–Kier alpha value is -4.10. The van der Waals surface area contributed by atoms with Gasteiger partial charge in [-0.1, -0.05) is 36.4 Å². The smallest absolute Gasteiger partial charge is 0.249 e. The van der Waals surface area contributed by atoms with Crippen LogP contribution in [0.3, 0.4) is 0 Å². The number of nitrogens with zero attached hydrogens (tertiary/aromatic N) is 1.